The first-order valence-electron chi connectivity index (χ1n) is 7.83. The maximum Gasteiger partial charge on any atom is 0.303 e. The Bertz CT molecular complexity index is 444. The Labute approximate surface area is 126 Å². The van der Waals surface area contributed by atoms with Gasteiger partial charge in [-0.25, -0.2) is 0 Å². The van der Waals surface area contributed by atoms with E-state index >= 15 is 0 Å². The normalized spacial score (nSPS) is 19.4. The number of aliphatic carboxylic acids is 1. The van der Waals surface area contributed by atoms with Crippen molar-refractivity contribution in [3.8, 4) is 5.75 Å². The van der Waals surface area contributed by atoms with Crippen LogP contribution in [-0.2, 0) is 11.2 Å². The van der Waals surface area contributed by atoms with Gasteiger partial charge >= 0.3 is 5.97 Å². The molecule has 1 unspecified atom stereocenters. The van der Waals surface area contributed by atoms with E-state index in [1.807, 2.05) is 24.3 Å². The molecule has 1 saturated heterocycles. The summed E-state index contributed by atoms with van der Waals surface area (Å²) in [6.45, 7) is 5.15. The molecule has 0 saturated carbocycles. The van der Waals surface area contributed by atoms with E-state index < -0.39 is 5.97 Å². The number of piperidine rings is 1. The molecule has 4 heteroatoms. The molecule has 0 aromatic heterocycles. The predicted molar refractivity (Wildman–Crippen MR) is 82.8 cm³/mol. The van der Waals surface area contributed by atoms with E-state index in [4.69, 9.17) is 9.84 Å². The van der Waals surface area contributed by atoms with Gasteiger partial charge in [-0.15, -0.1) is 0 Å². The fourth-order valence-electron chi connectivity index (χ4n) is 2.77. The third-order valence-electron chi connectivity index (χ3n) is 4.14. The van der Waals surface area contributed by atoms with Crippen molar-refractivity contribution in [2.24, 2.45) is 0 Å². The molecule has 0 spiro atoms. The SMILES string of the molecule is CC1CCCCN1CCOc1ccc(CCC(=O)O)cc1. The van der Waals surface area contributed by atoms with Crippen LogP contribution in [-0.4, -0.2) is 41.7 Å². The lowest BCUT2D eigenvalue weighted by Crippen LogP contribution is -2.39. The average molecular weight is 291 g/mol. The lowest BCUT2D eigenvalue weighted by atomic mass is 10.0. The molecular formula is C17H25NO3. The molecule has 0 aliphatic carbocycles. The molecule has 4 nitrogen and oxygen atoms in total. The Morgan fingerprint density at radius 3 is 2.76 bits per heavy atom. The molecule has 21 heavy (non-hydrogen) atoms. The fourth-order valence-corrected chi connectivity index (χ4v) is 2.77. The standard InChI is InChI=1S/C17H25NO3/c1-14-4-2-3-11-18(14)12-13-21-16-8-5-15(6-9-16)7-10-17(19)20/h5-6,8-9,14H,2-4,7,10-13H2,1H3,(H,19,20). The minimum absolute atomic E-state index is 0.174. The van der Waals surface area contributed by atoms with Crippen molar-refractivity contribution < 1.29 is 14.6 Å². The summed E-state index contributed by atoms with van der Waals surface area (Å²) in [6.07, 6.45) is 4.67. The first-order chi connectivity index (χ1) is 10.1. The number of benzene rings is 1. The van der Waals surface area contributed by atoms with Gasteiger partial charge in [0.2, 0.25) is 0 Å². The van der Waals surface area contributed by atoms with Gasteiger partial charge < -0.3 is 9.84 Å². The molecule has 1 aliphatic rings. The highest BCUT2D eigenvalue weighted by Crippen LogP contribution is 2.17. The number of carboxylic acid groups (broad SMARTS) is 1. The Morgan fingerprint density at radius 1 is 1.33 bits per heavy atom. The summed E-state index contributed by atoms with van der Waals surface area (Å²) in [5, 5.41) is 8.66. The van der Waals surface area contributed by atoms with E-state index in [0.717, 1.165) is 17.9 Å². The summed E-state index contributed by atoms with van der Waals surface area (Å²) < 4.78 is 5.78. The Balaban J connectivity index is 1.72. The molecule has 0 bridgehead atoms. The molecule has 2 rings (SSSR count). The van der Waals surface area contributed by atoms with Crippen LogP contribution < -0.4 is 4.74 Å². The highest BCUT2D eigenvalue weighted by molar-refractivity contribution is 5.67. The number of carboxylic acids is 1. The van der Waals surface area contributed by atoms with Crippen LogP contribution >= 0.6 is 0 Å². The molecule has 1 heterocycles. The zero-order chi connectivity index (χ0) is 15.1. The van der Waals surface area contributed by atoms with Crippen LogP contribution in [0.2, 0.25) is 0 Å². The van der Waals surface area contributed by atoms with Crippen LogP contribution in [0.4, 0.5) is 0 Å². The van der Waals surface area contributed by atoms with E-state index in [1.54, 1.807) is 0 Å². The highest BCUT2D eigenvalue weighted by Gasteiger charge is 2.17. The number of nitrogens with zero attached hydrogens (tertiary/aromatic N) is 1. The minimum Gasteiger partial charge on any atom is -0.492 e. The monoisotopic (exact) mass is 291 g/mol. The zero-order valence-electron chi connectivity index (χ0n) is 12.8. The zero-order valence-corrected chi connectivity index (χ0v) is 12.8. The van der Waals surface area contributed by atoms with Crippen molar-refractivity contribution in [2.45, 2.75) is 45.1 Å². The van der Waals surface area contributed by atoms with Gasteiger partial charge in [0, 0.05) is 19.0 Å². The first kappa shape index (κ1) is 15.8. The van der Waals surface area contributed by atoms with Gasteiger partial charge in [0.1, 0.15) is 12.4 Å². The van der Waals surface area contributed by atoms with Crippen LogP contribution in [0.15, 0.2) is 24.3 Å². The molecule has 0 amide bonds. The van der Waals surface area contributed by atoms with Crippen LogP contribution in [0.25, 0.3) is 0 Å². The molecule has 0 radical (unpaired) electrons. The number of aryl methyl sites for hydroxylation is 1. The summed E-state index contributed by atoms with van der Waals surface area (Å²) in [4.78, 5) is 13.0. The van der Waals surface area contributed by atoms with Crippen LogP contribution in [0.1, 0.15) is 38.2 Å². The molecular weight excluding hydrogens is 266 g/mol. The predicted octanol–water partition coefficient (Wildman–Crippen LogP) is 2.96. The van der Waals surface area contributed by atoms with E-state index in [-0.39, 0.29) is 6.42 Å². The van der Waals surface area contributed by atoms with E-state index in [9.17, 15) is 4.79 Å². The van der Waals surface area contributed by atoms with Gasteiger partial charge in [-0.2, -0.15) is 0 Å². The van der Waals surface area contributed by atoms with E-state index in [2.05, 4.69) is 11.8 Å². The quantitative estimate of drug-likeness (QED) is 0.839. The van der Waals surface area contributed by atoms with Crippen molar-refractivity contribution in [2.75, 3.05) is 19.7 Å². The molecule has 1 fully saturated rings. The largest absolute Gasteiger partial charge is 0.492 e. The summed E-state index contributed by atoms with van der Waals surface area (Å²) in [5.74, 6) is 0.102. The van der Waals surface area contributed by atoms with Crippen molar-refractivity contribution in [1.29, 1.82) is 0 Å². The number of carbonyl (C=O) groups is 1. The molecule has 1 aromatic carbocycles. The number of ether oxygens (including phenoxy) is 1. The van der Waals surface area contributed by atoms with E-state index in [0.29, 0.717) is 19.1 Å². The van der Waals surface area contributed by atoms with Gasteiger partial charge in [0.15, 0.2) is 0 Å². The molecule has 1 atom stereocenters. The summed E-state index contributed by atoms with van der Waals surface area (Å²) in [7, 11) is 0. The number of likely N-dealkylation sites (tertiary alicyclic amines) is 1. The second-order valence-corrected chi connectivity index (χ2v) is 5.77. The smallest absolute Gasteiger partial charge is 0.303 e. The summed E-state index contributed by atoms with van der Waals surface area (Å²) >= 11 is 0. The molecule has 116 valence electrons. The minimum atomic E-state index is -0.758. The van der Waals surface area contributed by atoms with Crippen molar-refractivity contribution in [3.63, 3.8) is 0 Å². The Morgan fingerprint density at radius 2 is 2.10 bits per heavy atom. The van der Waals surface area contributed by atoms with Gasteiger partial charge in [-0.3, -0.25) is 9.69 Å². The first-order valence-corrected chi connectivity index (χ1v) is 7.83. The van der Waals surface area contributed by atoms with Crippen molar-refractivity contribution >= 4 is 5.97 Å². The van der Waals surface area contributed by atoms with Gasteiger partial charge in [0.25, 0.3) is 0 Å². The maximum atomic E-state index is 10.5. The fraction of sp³-hybridized carbons (Fsp3) is 0.588. The summed E-state index contributed by atoms with van der Waals surface area (Å²) in [6, 6.07) is 8.41. The van der Waals surface area contributed by atoms with Crippen LogP contribution in [0, 0.1) is 0 Å². The lowest BCUT2D eigenvalue weighted by molar-refractivity contribution is -0.136. The topological polar surface area (TPSA) is 49.8 Å². The Hall–Kier alpha value is -1.55. The third kappa shape index (κ3) is 5.38. The van der Waals surface area contributed by atoms with Crippen LogP contribution in [0.3, 0.4) is 0 Å². The number of hydrogen-bond donors (Lipinski definition) is 1. The van der Waals surface area contributed by atoms with Gasteiger partial charge in [-0.1, -0.05) is 18.6 Å². The molecule has 1 aliphatic heterocycles. The molecule has 1 aromatic rings. The lowest BCUT2D eigenvalue weighted by Gasteiger charge is -2.33. The van der Waals surface area contributed by atoms with Crippen molar-refractivity contribution in [1.82, 2.24) is 4.90 Å². The second kappa shape index (κ2) is 8.03. The highest BCUT2D eigenvalue weighted by atomic mass is 16.5. The molecule has 1 N–H and O–H groups in total. The van der Waals surface area contributed by atoms with Crippen molar-refractivity contribution in [3.05, 3.63) is 29.8 Å². The van der Waals surface area contributed by atoms with Gasteiger partial charge in [0.05, 0.1) is 0 Å². The Kier molecular flexibility index (Phi) is 6.05. The van der Waals surface area contributed by atoms with Crippen LogP contribution in [0.5, 0.6) is 5.75 Å². The van der Waals surface area contributed by atoms with Gasteiger partial charge in [-0.05, 0) is 50.4 Å². The number of hydrogen-bond acceptors (Lipinski definition) is 3. The average Bonchev–Trinajstić information content (AvgIpc) is 2.48. The summed E-state index contributed by atoms with van der Waals surface area (Å²) in [5.41, 5.74) is 1.04. The third-order valence-corrected chi connectivity index (χ3v) is 4.14. The number of rotatable bonds is 7. The maximum absolute atomic E-state index is 10.5. The second-order valence-electron chi connectivity index (χ2n) is 5.77. The van der Waals surface area contributed by atoms with E-state index in [1.165, 1.54) is 25.8 Å².